The topological polar surface area (TPSA) is 105 Å². The van der Waals surface area contributed by atoms with Gasteiger partial charge in [0.2, 0.25) is 0 Å². The smallest absolute Gasteiger partial charge is 0.269 e. The van der Waals surface area contributed by atoms with E-state index in [1.54, 1.807) is 12.1 Å². The molecule has 104 valence electrons. The first-order chi connectivity index (χ1) is 9.10. The number of nitrogens with two attached hydrogens (primary N) is 1. The average Bonchev–Trinajstić information content (AvgIpc) is 2.41. The van der Waals surface area contributed by atoms with Gasteiger partial charge in [-0.3, -0.25) is 20.9 Å². The molecule has 0 aromatic heterocycles. The first-order valence-electron chi connectivity index (χ1n) is 6.24. The van der Waals surface area contributed by atoms with Gasteiger partial charge in [0.05, 0.1) is 16.7 Å². The zero-order chi connectivity index (χ0) is 13.8. The van der Waals surface area contributed by atoms with Crippen molar-refractivity contribution in [2.45, 2.75) is 25.5 Å². The average molecular weight is 266 g/mol. The van der Waals surface area contributed by atoms with Crippen molar-refractivity contribution < 1.29 is 10.0 Å². The van der Waals surface area contributed by atoms with Crippen LogP contribution in [0.5, 0.6) is 0 Å². The molecule has 1 saturated heterocycles. The van der Waals surface area contributed by atoms with Crippen LogP contribution in [0.2, 0.25) is 0 Å². The molecule has 7 nitrogen and oxygen atoms in total. The monoisotopic (exact) mass is 266 g/mol. The fraction of sp³-hybridized carbons (Fsp3) is 0.500. The standard InChI is InChI=1S/C12H18N4O3/c13-14-12-2-1-10(16(18)19)7-9(12)8-15-5-3-11(17)4-6-15/h1-2,7,11,14,17H,3-6,8,13H2. The van der Waals surface area contributed by atoms with Gasteiger partial charge in [-0.05, 0) is 24.5 Å². The molecular formula is C12H18N4O3. The molecule has 7 heteroatoms. The Hall–Kier alpha value is -1.70. The van der Waals surface area contributed by atoms with Gasteiger partial charge in [-0.2, -0.15) is 0 Å². The maximum Gasteiger partial charge on any atom is 0.269 e. The second kappa shape index (κ2) is 5.96. The van der Waals surface area contributed by atoms with Crippen molar-refractivity contribution in [3.63, 3.8) is 0 Å². The zero-order valence-corrected chi connectivity index (χ0v) is 10.6. The number of non-ortho nitro benzene ring substituents is 1. The Kier molecular flexibility index (Phi) is 4.31. The van der Waals surface area contributed by atoms with E-state index in [0.717, 1.165) is 31.5 Å². The van der Waals surface area contributed by atoms with Crippen LogP contribution in [-0.2, 0) is 6.54 Å². The van der Waals surface area contributed by atoms with E-state index in [1.807, 2.05) is 0 Å². The zero-order valence-electron chi connectivity index (χ0n) is 10.6. The van der Waals surface area contributed by atoms with Crippen LogP contribution in [0.1, 0.15) is 18.4 Å². The summed E-state index contributed by atoms with van der Waals surface area (Å²) in [5.74, 6) is 5.43. The number of nitrogens with one attached hydrogen (secondary N) is 1. The summed E-state index contributed by atoms with van der Waals surface area (Å²) in [5.41, 5.74) is 4.11. The number of likely N-dealkylation sites (tertiary alicyclic amines) is 1. The van der Waals surface area contributed by atoms with Crippen LogP contribution < -0.4 is 11.3 Å². The van der Waals surface area contributed by atoms with E-state index < -0.39 is 4.92 Å². The van der Waals surface area contributed by atoms with Gasteiger partial charge in [-0.15, -0.1) is 0 Å². The number of hydrogen-bond donors (Lipinski definition) is 3. The molecule has 1 fully saturated rings. The Morgan fingerprint density at radius 1 is 1.47 bits per heavy atom. The van der Waals surface area contributed by atoms with E-state index >= 15 is 0 Å². The van der Waals surface area contributed by atoms with Gasteiger partial charge in [-0.1, -0.05) is 0 Å². The lowest BCUT2D eigenvalue weighted by Gasteiger charge is -2.29. The second-order valence-corrected chi connectivity index (χ2v) is 4.75. The summed E-state index contributed by atoms with van der Waals surface area (Å²) in [7, 11) is 0. The van der Waals surface area contributed by atoms with Crippen molar-refractivity contribution in [3.05, 3.63) is 33.9 Å². The number of nitro benzene ring substituents is 1. The third-order valence-corrected chi connectivity index (χ3v) is 3.41. The second-order valence-electron chi connectivity index (χ2n) is 4.75. The molecule has 0 radical (unpaired) electrons. The summed E-state index contributed by atoms with van der Waals surface area (Å²) in [6.07, 6.45) is 1.24. The molecule has 1 aliphatic rings. The number of hydrogen-bond acceptors (Lipinski definition) is 6. The largest absolute Gasteiger partial charge is 0.393 e. The molecule has 0 unspecified atom stereocenters. The number of benzene rings is 1. The van der Waals surface area contributed by atoms with Gasteiger partial charge >= 0.3 is 0 Å². The molecule has 1 aliphatic heterocycles. The van der Waals surface area contributed by atoms with E-state index in [1.165, 1.54) is 6.07 Å². The normalized spacial score (nSPS) is 17.4. The molecule has 0 spiro atoms. The third-order valence-electron chi connectivity index (χ3n) is 3.41. The van der Waals surface area contributed by atoms with E-state index in [2.05, 4.69) is 10.3 Å². The Labute approximate surface area is 111 Å². The SMILES string of the molecule is NNc1ccc([N+](=O)[O-])cc1CN1CCC(O)CC1. The summed E-state index contributed by atoms with van der Waals surface area (Å²) < 4.78 is 0. The molecular weight excluding hydrogens is 248 g/mol. The number of nitrogens with zero attached hydrogens (tertiary/aromatic N) is 2. The summed E-state index contributed by atoms with van der Waals surface area (Å²) in [6, 6.07) is 4.59. The minimum atomic E-state index is -0.413. The minimum absolute atomic E-state index is 0.0612. The van der Waals surface area contributed by atoms with Crippen molar-refractivity contribution in [1.82, 2.24) is 4.90 Å². The van der Waals surface area contributed by atoms with E-state index in [-0.39, 0.29) is 11.8 Å². The number of nitro groups is 1. The first kappa shape index (κ1) is 13.7. The number of piperidine rings is 1. The molecule has 0 bridgehead atoms. The van der Waals surface area contributed by atoms with Crippen LogP contribution in [0, 0.1) is 10.1 Å². The Bertz CT molecular complexity index is 458. The number of nitrogen functional groups attached to an aromatic ring is 1. The van der Waals surface area contributed by atoms with Crippen molar-refractivity contribution in [2.24, 2.45) is 5.84 Å². The van der Waals surface area contributed by atoms with Crippen LogP contribution in [0.15, 0.2) is 18.2 Å². The van der Waals surface area contributed by atoms with Crippen LogP contribution in [-0.4, -0.2) is 34.1 Å². The van der Waals surface area contributed by atoms with Gasteiger partial charge in [0.15, 0.2) is 0 Å². The van der Waals surface area contributed by atoms with E-state index in [4.69, 9.17) is 5.84 Å². The predicted molar refractivity (Wildman–Crippen MR) is 71.4 cm³/mol. The molecule has 0 aliphatic carbocycles. The number of aliphatic hydroxyl groups is 1. The third kappa shape index (κ3) is 3.40. The summed E-state index contributed by atoms with van der Waals surface area (Å²) in [4.78, 5) is 12.5. The lowest BCUT2D eigenvalue weighted by atomic mass is 10.1. The minimum Gasteiger partial charge on any atom is -0.393 e. The number of rotatable bonds is 4. The fourth-order valence-corrected chi connectivity index (χ4v) is 2.28. The molecule has 4 N–H and O–H groups in total. The van der Waals surface area contributed by atoms with Gasteiger partial charge in [0, 0.05) is 31.8 Å². The predicted octanol–water partition coefficient (Wildman–Crippen LogP) is 0.837. The van der Waals surface area contributed by atoms with Crippen molar-refractivity contribution in [3.8, 4) is 0 Å². The molecule has 1 aromatic rings. The molecule has 1 heterocycles. The molecule has 0 amide bonds. The summed E-state index contributed by atoms with van der Waals surface area (Å²) >= 11 is 0. The summed E-state index contributed by atoms with van der Waals surface area (Å²) in [5, 5.41) is 20.3. The van der Waals surface area contributed by atoms with Gasteiger partial charge in [0.25, 0.3) is 5.69 Å². The quantitative estimate of drug-likeness (QED) is 0.423. The van der Waals surface area contributed by atoms with Gasteiger partial charge < -0.3 is 10.5 Å². The van der Waals surface area contributed by atoms with Crippen molar-refractivity contribution in [2.75, 3.05) is 18.5 Å². The molecule has 0 saturated carbocycles. The van der Waals surface area contributed by atoms with Crippen LogP contribution in [0.4, 0.5) is 11.4 Å². The van der Waals surface area contributed by atoms with Crippen LogP contribution in [0.25, 0.3) is 0 Å². The molecule has 2 rings (SSSR count). The molecule has 0 atom stereocenters. The first-order valence-corrected chi connectivity index (χ1v) is 6.24. The number of hydrazine groups is 1. The van der Waals surface area contributed by atoms with Crippen molar-refractivity contribution >= 4 is 11.4 Å². The highest BCUT2D eigenvalue weighted by Crippen LogP contribution is 2.24. The Morgan fingerprint density at radius 3 is 2.74 bits per heavy atom. The highest BCUT2D eigenvalue weighted by Gasteiger charge is 2.19. The Balaban J connectivity index is 2.13. The number of aliphatic hydroxyl groups excluding tert-OH is 1. The lowest BCUT2D eigenvalue weighted by Crippen LogP contribution is -2.35. The van der Waals surface area contributed by atoms with Crippen LogP contribution in [0.3, 0.4) is 0 Å². The number of anilines is 1. The molecule has 1 aromatic carbocycles. The van der Waals surface area contributed by atoms with E-state index in [9.17, 15) is 15.2 Å². The van der Waals surface area contributed by atoms with Crippen molar-refractivity contribution in [1.29, 1.82) is 0 Å². The van der Waals surface area contributed by atoms with Gasteiger partial charge in [0.1, 0.15) is 0 Å². The maximum atomic E-state index is 10.8. The molecule has 19 heavy (non-hydrogen) atoms. The highest BCUT2D eigenvalue weighted by atomic mass is 16.6. The fourth-order valence-electron chi connectivity index (χ4n) is 2.28. The highest BCUT2D eigenvalue weighted by molar-refractivity contribution is 5.55. The lowest BCUT2D eigenvalue weighted by molar-refractivity contribution is -0.384. The van der Waals surface area contributed by atoms with Crippen LogP contribution >= 0.6 is 0 Å². The summed E-state index contributed by atoms with van der Waals surface area (Å²) in [6.45, 7) is 2.16. The van der Waals surface area contributed by atoms with Gasteiger partial charge in [-0.25, -0.2) is 0 Å². The Morgan fingerprint density at radius 2 is 2.16 bits per heavy atom. The van der Waals surface area contributed by atoms with E-state index in [0.29, 0.717) is 12.2 Å². The maximum absolute atomic E-state index is 10.8.